The third-order valence-electron chi connectivity index (χ3n) is 4.06. The fraction of sp³-hybridized carbons (Fsp3) is 0.111. The van der Waals surface area contributed by atoms with Crippen LogP contribution in [0.15, 0.2) is 64.8 Å². The first kappa shape index (κ1) is 18.2. The monoisotopic (exact) mass is 390 g/mol. The number of likely N-dealkylation sites (N-methyl/N-ethyl adjacent to an activating group) is 1. The minimum Gasteiger partial charge on any atom is -0.324 e. The summed E-state index contributed by atoms with van der Waals surface area (Å²) in [4.78, 5) is 25.1. The van der Waals surface area contributed by atoms with Crippen molar-refractivity contribution in [3.63, 3.8) is 0 Å². The number of allylic oxidation sites excluding steroid dienone is 2. The number of hydrogen-bond acceptors (Lipinski definition) is 4. The largest absolute Gasteiger partial charge is 0.324 e. The number of ketones is 1. The van der Waals surface area contributed by atoms with Gasteiger partial charge in [0.25, 0.3) is 15.9 Å². The molecule has 2 aromatic carbocycles. The predicted octanol–water partition coefficient (Wildman–Crippen LogP) is 2.82. The van der Waals surface area contributed by atoms with Crippen LogP contribution in [0.5, 0.6) is 0 Å². The van der Waals surface area contributed by atoms with Gasteiger partial charge < -0.3 is 5.32 Å². The Hall–Kier alpha value is -2.64. The zero-order chi connectivity index (χ0) is 19.1. The van der Waals surface area contributed by atoms with Gasteiger partial charge in [0, 0.05) is 28.9 Å². The number of fused-ring (bicyclic) bond motifs is 1. The molecule has 0 spiro atoms. The van der Waals surface area contributed by atoms with Gasteiger partial charge in [-0.1, -0.05) is 23.7 Å². The van der Waals surface area contributed by atoms with E-state index in [4.69, 9.17) is 11.6 Å². The number of rotatable bonds is 2. The van der Waals surface area contributed by atoms with E-state index in [2.05, 4.69) is 5.32 Å². The summed E-state index contributed by atoms with van der Waals surface area (Å²) >= 11 is 5.80. The summed E-state index contributed by atoms with van der Waals surface area (Å²) in [5.41, 5.74) is 0.478. The molecule has 0 aliphatic carbocycles. The molecule has 8 heteroatoms. The maximum atomic E-state index is 12.8. The van der Waals surface area contributed by atoms with Crippen molar-refractivity contribution in [1.82, 2.24) is 9.62 Å². The number of nitrogens with zero attached hydrogens (tertiary/aromatic N) is 1. The quantitative estimate of drug-likeness (QED) is 0.799. The van der Waals surface area contributed by atoms with E-state index >= 15 is 0 Å². The van der Waals surface area contributed by atoms with Gasteiger partial charge in [0.05, 0.1) is 4.90 Å². The van der Waals surface area contributed by atoms with E-state index in [0.717, 1.165) is 4.31 Å². The smallest absolute Gasteiger partial charge is 0.264 e. The van der Waals surface area contributed by atoms with Crippen LogP contribution in [0.3, 0.4) is 0 Å². The van der Waals surface area contributed by atoms with Gasteiger partial charge in [0.2, 0.25) is 5.78 Å². The lowest BCUT2D eigenvalue weighted by Gasteiger charge is -2.29. The van der Waals surface area contributed by atoms with E-state index in [1.54, 1.807) is 24.3 Å². The molecule has 0 saturated heterocycles. The van der Waals surface area contributed by atoms with E-state index in [1.165, 1.54) is 38.2 Å². The van der Waals surface area contributed by atoms with E-state index in [-0.39, 0.29) is 21.9 Å². The highest BCUT2D eigenvalue weighted by atomic mass is 35.5. The number of halogens is 1. The fourth-order valence-corrected chi connectivity index (χ4v) is 4.30. The van der Waals surface area contributed by atoms with Crippen LogP contribution in [-0.4, -0.2) is 31.5 Å². The van der Waals surface area contributed by atoms with Crippen molar-refractivity contribution in [3.8, 4) is 0 Å². The van der Waals surface area contributed by atoms with Crippen LogP contribution in [0.25, 0.3) is 0 Å². The van der Waals surface area contributed by atoms with Gasteiger partial charge in [0.1, 0.15) is 5.70 Å². The fourth-order valence-electron chi connectivity index (χ4n) is 2.73. The molecule has 134 valence electrons. The number of Topliss-reactive ketones (excluding diaryl/α,β-unsaturated/α-hetero) is 1. The van der Waals surface area contributed by atoms with Crippen molar-refractivity contribution in [3.05, 3.63) is 76.1 Å². The van der Waals surface area contributed by atoms with Gasteiger partial charge in [0.15, 0.2) is 0 Å². The number of amides is 1. The Balaban J connectivity index is 2.03. The normalized spacial score (nSPS) is 17.5. The molecule has 1 aliphatic heterocycles. The van der Waals surface area contributed by atoms with Gasteiger partial charge in [-0.2, -0.15) is 0 Å². The number of carbonyl (C=O) groups is 2. The molecule has 0 saturated carbocycles. The molecular weight excluding hydrogens is 376 g/mol. The van der Waals surface area contributed by atoms with Crippen LogP contribution >= 0.6 is 11.6 Å². The summed E-state index contributed by atoms with van der Waals surface area (Å²) in [6, 6.07) is 12.2. The Morgan fingerprint density at radius 2 is 1.69 bits per heavy atom. The molecule has 3 rings (SSSR count). The first-order valence-corrected chi connectivity index (χ1v) is 9.45. The number of sulfonamides is 1. The molecule has 1 aliphatic rings. The van der Waals surface area contributed by atoms with Crippen molar-refractivity contribution in [1.29, 1.82) is 0 Å². The third kappa shape index (κ3) is 3.00. The van der Waals surface area contributed by atoms with Gasteiger partial charge in [-0.3, -0.25) is 13.9 Å². The molecule has 0 radical (unpaired) electrons. The van der Waals surface area contributed by atoms with Crippen LogP contribution in [0.4, 0.5) is 0 Å². The van der Waals surface area contributed by atoms with E-state index in [9.17, 15) is 18.0 Å². The molecule has 0 unspecified atom stereocenters. The second kappa shape index (κ2) is 6.59. The highest BCUT2D eigenvalue weighted by molar-refractivity contribution is 7.89. The number of hydrogen-bond donors (Lipinski definition) is 1. The molecule has 1 amide bonds. The minimum absolute atomic E-state index is 0.0481. The summed E-state index contributed by atoms with van der Waals surface area (Å²) in [6.07, 6.45) is 0. The average Bonchev–Trinajstić information content (AvgIpc) is 2.61. The molecule has 0 bridgehead atoms. The Morgan fingerprint density at radius 1 is 1.08 bits per heavy atom. The lowest BCUT2D eigenvalue weighted by molar-refractivity contribution is 0.0963. The second-order valence-corrected chi connectivity index (χ2v) is 8.11. The Morgan fingerprint density at radius 3 is 2.35 bits per heavy atom. The predicted molar refractivity (Wildman–Crippen MR) is 97.3 cm³/mol. The van der Waals surface area contributed by atoms with Gasteiger partial charge in [-0.25, -0.2) is 8.42 Å². The lowest BCUT2D eigenvalue weighted by Crippen LogP contribution is -2.39. The van der Waals surface area contributed by atoms with E-state index in [1.807, 2.05) is 0 Å². The van der Waals surface area contributed by atoms with Crippen LogP contribution in [-0.2, 0) is 10.0 Å². The van der Waals surface area contributed by atoms with Crippen LogP contribution in [0.1, 0.15) is 27.6 Å². The van der Waals surface area contributed by atoms with Crippen LogP contribution < -0.4 is 5.32 Å². The summed E-state index contributed by atoms with van der Waals surface area (Å²) in [6.45, 7) is 1.49. The highest BCUT2D eigenvalue weighted by Crippen LogP contribution is 2.31. The molecule has 0 atom stereocenters. The number of nitrogens with one attached hydrogen (secondary N) is 1. The molecule has 1 N–H and O–H groups in total. The molecule has 0 aromatic heterocycles. The lowest BCUT2D eigenvalue weighted by atomic mass is 10.1. The van der Waals surface area contributed by atoms with Crippen molar-refractivity contribution >= 4 is 33.3 Å². The molecule has 2 aromatic rings. The average molecular weight is 391 g/mol. The maximum absolute atomic E-state index is 12.8. The zero-order valence-electron chi connectivity index (χ0n) is 14.0. The van der Waals surface area contributed by atoms with Gasteiger partial charge in [-0.15, -0.1) is 0 Å². The standard InChI is InChI=1S/C18H15ClN2O4S/c1-11(20-18(23)12-7-9-13(19)10-8-12)16-17(22)14-5-3-4-6-15(14)26(24,25)21(16)2/h3-10H,1-2H3,(H,20,23). The van der Waals surface area contributed by atoms with Crippen LogP contribution in [0.2, 0.25) is 5.02 Å². The van der Waals surface area contributed by atoms with E-state index in [0.29, 0.717) is 10.6 Å². The third-order valence-corrected chi connectivity index (χ3v) is 6.13. The van der Waals surface area contributed by atoms with Gasteiger partial charge in [-0.05, 0) is 43.3 Å². The molecule has 0 fully saturated rings. The van der Waals surface area contributed by atoms with Crippen molar-refractivity contribution in [2.45, 2.75) is 11.8 Å². The SMILES string of the molecule is CC(NC(=O)c1ccc(Cl)cc1)=C1C(=O)c2ccccc2S(=O)(=O)N1C. The summed E-state index contributed by atoms with van der Waals surface area (Å²) in [5.74, 6) is -0.934. The highest BCUT2D eigenvalue weighted by Gasteiger charge is 2.38. The first-order valence-electron chi connectivity index (χ1n) is 7.64. The maximum Gasteiger partial charge on any atom is 0.264 e. The Bertz CT molecular complexity index is 1040. The Labute approximate surface area is 156 Å². The molecule has 1 heterocycles. The summed E-state index contributed by atoms with van der Waals surface area (Å²) in [7, 11) is -2.58. The molecule has 6 nitrogen and oxygen atoms in total. The minimum atomic E-state index is -3.87. The second-order valence-electron chi connectivity index (χ2n) is 5.73. The molecule has 26 heavy (non-hydrogen) atoms. The van der Waals surface area contributed by atoms with Crippen molar-refractivity contribution in [2.75, 3.05) is 7.05 Å². The zero-order valence-corrected chi connectivity index (χ0v) is 15.6. The first-order chi connectivity index (χ1) is 12.2. The number of benzene rings is 2. The van der Waals surface area contributed by atoms with Crippen molar-refractivity contribution < 1.29 is 18.0 Å². The Kier molecular flexibility index (Phi) is 4.60. The molecular formula is C18H15ClN2O4S. The summed E-state index contributed by atoms with van der Waals surface area (Å²) in [5, 5.41) is 3.07. The van der Waals surface area contributed by atoms with E-state index < -0.39 is 21.7 Å². The van der Waals surface area contributed by atoms with Gasteiger partial charge >= 0.3 is 0 Å². The number of carbonyl (C=O) groups excluding carboxylic acids is 2. The van der Waals surface area contributed by atoms with Crippen LogP contribution in [0, 0.1) is 0 Å². The topological polar surface area (TPSA) is 83.5 Å². The van der Waals surface area contributed by atoms with Crippen molar-refractivity contribution in [2.24, 2.45) is 0 Å². The summed E-state index contributed by atoms with van der Waals surface area (Å²) < 4.78 is 26.2.